The first-order valence-corrected chi connectivity index (χ1v) is 12.8. The van der Waals surface area contributed by atoms with Crippen molar-refractivity contribution in [1.29, 1.82) is 0 Å². The number of ether oxygens (including phenoxy) is 1. The van der Waals surface area contributed by atoms with Gasteiger partial charge in [-0.15, -0.1) is 0 Å². The maximum absolute atomic E-state index is 13.9. The first kappa shape index (κ1) is 27.2. The highest BCUT2D eigenvalue weighted by Gasteiger charge is 2.41. The average molecular weight is 533 g/mol. The molecule has 1 aliphatic heterocycles. The molecule has 0 amide bonds. The van der Waals surface area contributed by atoms with E-state index >= 15 is 0 Å². The second-order valence-electron chi connectivity index (χ2n) is 9.70. The van der Waals surface area contributed by atoms with E-state index in [1.54, 1.807) is 31.4 Å². The monoisotopic (exact) mass is 532 g/mol. The van der Waals surface area contributed by atoms with E-state index in [4.69, 9.17) is 16.3 Å². The predicted molar refractivity (Wildman–Crippen MR) is 138 cm³/mol. The van der Waals surface area contributed by atoms with Crippen LogP contribution in [0.5, 0.6) is 5.75 Å². The molecule has 1 saturated heterocycles. The number of nitrogens with zero attached hydrogens (tertiary/aromatic N) is 2. The van der Waals surface area contributed by atoms with Crippen LogP contribution in [0.4, 0.5) is 8.78 Å². The molecule has 0 spiro atoms. The standard InChI is InChI=1S/C28H31ClF2N2O4/c1-37-19-7-8-23-20(16-19)25(21(29)17-32-23)24(34)9-10-28(27(35)36)11-14-33(15-12-28)13-3-5-18-4-2-6-22(30)26(18)31/h2,4,6-8,16-17,24,34H,3,5,9-15H2,1H3,(H,35,36). The van der Waals surface area contributed by atoms with Crippen molar-refractivity contribution in [2.45, 2.75) is 44.6 Å². The number of piperidine rings is 1. The van der Waals surface area contributed by atoms with E-state index in [9.17, 15) is 23.8 Å². The smallest absolute Gasteiger partial charge is 0.309 e. The van der Waals surface area contributed by atoms with Crippen molar-refractivity contribution in [2.75, 3.05) is 26.7 Å². The zero-order valence-electron chi connectivity index (χ0n) is 20.7. The van der Waals surface area contributed by atoms with Crippen LogP contribution in [0.3, 0.4) is 0 Å². The third-order valence-electron chi connectivity index (χ3n) is 7.52. The molecule has 1 unspecified atom stereocenters. The Morgan fingerprint density at radius 1 is 1.24 bits per heavy atom. The van der Waals surface area contributed by atoms with Crippen molar-refractivity contribution < 1.29 is 28.5 Å². The fraction of sp³-hybridized carbons (Fsp3) is 0.429. The topological polar surface area (TPSA) is 82.9 Å². The van der Waals surface area contributed by atoms with Crippen LogP contribution in [-0.2, 0) is 11.2 Å². The van der Waals surface area contributed by atoms with Crippen molar-refractivity contribution in [3.05, 3.63) is 70.4 Å². The number of carboxylic acids is 1. The number of aliphatic hydroxyl groups is 1. The highest BCUT2D eigenvalue weighted by atomic mass is 35.5. The van der Waals surface area contributed by atoms with Gasteiger partial charge in [-0.3, -0.25) is 9.78 Å². The number of aliphatic hydroxyl groups excluding tert-OH is 1. The fourth-order valence-electron chi connectivity index (χ4n) is 5.20. The first-order valence-electron chi connectivity index (χ1n) is 12.4. The fourth-order valence-corrected chi connectivity index (χ4v) is 5.48. The number of carbonyl (C=O) groups is 1. The molecule has 37 heavy (non-hydrogen) atoms. The highest BCUT2D eigenvalue weighted by molar-refractivity contribution is 6.32. The van der Waals surface area contributed by atoms with E-state index in [0.29, 0.717) is 84.5 Å². The van der Waals surface area contributed by atoms with Gasteiger partial charge in [0.15, 0.2) is 11.6 Å². The lowest BCUT2D eigenvalue weighted by Crippen LogP contribution is -2.44. The van der Waals surface area contributed by atoms with E-state index in [-0.39, 0.29) is 6.42 Å². The Labute approximate surface area is 219 Å². The molecule has 1 fully saturated rings. The van der Waals surface area contributed by atoms with Crippen LogP contribution in [0.1, 0.15) is 49.3 Å². The number of halogens is 3. The van der Waals surface area contributed by atoms with E-state index in [1.165, 1.54) is 12.3 Å². The molecule has 198 valence electrons. The highest BCUT2D eigenvalue weighted by Crippen LogP contribution is 2.41. The van der Waals surface area contributed by atoms with Gasteiger partial charge in [-0.05, 0) is 88.0 Å². The third-order valence-corrected chi connectivity index (χ3v) is 7.82. The van der Waals surface area contributed by atoms with Gasteiger partial charge in [-0.25, -0.2) is 8.78 Å². The Morgan fingerprint density at radius 2 is 2.00 bits per heavy atom. The van der Waals surface area contributed by atoms with Crippen LogP contribution < -0.4 is 4.74 Å². The molecule has 6 nitrogen and oxygen atoms in total. The van der Waals surface area contributed by atoms with Crippen LogP contribution in [0.2, 0.25) is 5.02 Å². The molecule has 0 radical (unpaired) electrons. The van der Waals surface area contributed by atoms with Gasteiger partial charge in [0, 0.05) is 17.1 Å². The summed E-state index contributed by atoms with van der Waals surface area (Å²) in [5, 5.41) is 22.2. The minimum atomic E-state index is -0.958. The number of hydrogen-bond acceptors (Lipinski definition) is 5. The Bertz CT molecular complexity index is 1260. The molecule has 2 aromatic carbocycles. The Balaban J connectivity index is 1.37. The normalized spacial score (nSPS) is 16.6. The minimum Gasteiger partial charge on any atom is -0.497 e. The zero-order chi connectivity index (χ0) is 26.6. The van der Waals surface area contributed by atoms with Crippen molar-refractivity contribution >= 4 is 28.5 Å². The van der Waals surface area contributed by atoms with Crippen molar-refractivity contribution in [1.82, 2.24) is 9.88 Å². The summed E-state index contributed by atoms with van der Waals surface area (Å²) in [6.45, 7) is 1.85. The average Bonchev–Trinajstić information content (AvgIpc) is 2.90. The molecule has 1 atom stereocenters. The summed E-state index contributed by atoms with van der Waals surface area (Å²) in [5.74, 6) is -1.90. The summed E-state index contributed by atoms with van der Waals surface area (Å²) in [7, 11) is 1.55. The van der Waals surface area contributed by atoms with Gasteiger partial charge in [0.1, 0.15) is 5.75 Å². The summed E-state index contributed by atoms with van der Waals surface area (Å²) in [4.78, 5) is 18.8. The number of aliphatic carboxylic acids is 1. The van der Waals surface area contributed by atoms with Crippen LogP contribution >= 0.6 is 11.6 Å². The summed E-state index contributed by atoms with van der Waals surface area (Å²) < 4.78 is 32.6. The largest absolute Gasteiger partial charge is 0.497 e. The molecular formula is C28H31ClF2N2O4. The summed E-state index contributed by atoms with van der Waals surface area (Å²) in [6, 6.07) is 9.54. The molecular weight excluding hydrogens is 502 g/mol. The number of likely N-dealkylation sites (tertiary alicyclic amines) is 1. The van der Waals surface area contributed by atoms with Gasteiger partial charge < -0.3 is 19.8 Å². The van der Waals surface area contributed by atoms with E-state index in [1.807, 2.05) is 0 Å². The van der Waals surface area contributed by atoms with Crippen LogP contribution in [0.25, 0.3) is 10.9 Å². The lowest BCUT2D eigenvalue weighted by atomic mass is 9.74. The molecule has 1 aromatic heterocycles. The summed E-state index contributed by atoms with van der Waals surface area (Å²) >= 11 is 6.41. The van der Waals surface area contributed by atoms with Crippen LogP contribution in [0, 0.1) is 17.0 Å². The number of carboxylic acid groups (broad SMARTS) is 1. The third kappa shape index (κ3) is 6.03. The van der Waals surface area contributed by atoms with Crippen LogP contribution in [0.15, 0.2) is 42.6 Å². The van der Waals surface area contributed by atoms with Gasteiger partial charge in [-0.1, -0.05) is 23.7 Å². The lowest BCUT2D eigenvalue weighted by Gasteiger charge is -2.39. The number of rotatable bonds is 10. The molecule has 0 bridgehead atoms. The maximum Gasteiger partial charge on any atom is 0.309 e. The second kappa shape index (κ2) is 11.7. The molecule has 3 aromatic rings. The second-order valence-corrected chi connectivity index (χ2v) is 10.1. The molecule has 1 aliphatic rings. The van der Waals surface area contributed by atoms with Gasteiger partial charge in [-0.2, -0.15) is 0 Å². The number of hydrogen-bond donors (Lipinski definition) is 2. The minimum absolute atomic E-state index is 0.237. The number of pyridine rings is 1. The Kier molecular flexibility index (Phi) is 8.62. The number of benzene rings is 2. The van der Waals surface area contributed by atoms with Crippen LogP contribution in [-0.4, -0.2) is 52.8 Å². The SMILES string of the molecule is COc1ccc2ncc(Cl)c(C(O)CCC3(C(=O)O)CCN(CCCc4cccc(F)c4F)CC3)c2c1. The Hall–Kier alpha value is -2.81. The van der Waals surface area contributed by atoms with Gasteiger partial charge >= 0.3 is 5.97 Å². The molecule has 2 heterocycles. The first-order chi connectivity index (χ1) is 17.7. The number of aryl methyl sites for hydroxylation is 1. The predicted octanol–water partition coefficient (Wildman–Crippen LogP) is 5.79. The van der Waals surface area contributed by atoms with E-state index in [2.05, 4.69) is 9.88 Å². The maximum atomic E-state index is 13.9. The van der Waals surface area contributed by atoms with E-state index < -0.39 is 29.1 Å². The lowest BCUT2D eigenvalue weighted by molar-refractivity contribution is -0.153. The number of methoxy groups -OCH3 is 1. The molecule has 9 heteroatoms. The molecule has 4 rings (SSSR count). The quantitative estimate of drug-likeness (QED) is 0.344. The van der Waals surface area contributed by atoms with Gasteiger partial charge in [0.05, 0.1) is 29.2 Å². The molecule has 0 aliphatic carbocycles. The van der Waals surface area contributed by atoms with E-state index in [0.717, 1.165) is 6.07 Å². The summed E-state index contributed by atoms with van der Waals surface area (Å²) in [6.07, 6.45) is 3.04. The van der Waals surface area contributed by atoms with Gasteiger partial charge in [0.25, 0.3) is 0 Å². The summed E-state index contributed by atoms with van der Waals surface area (Å²) in [5.41, 5.74) is 0.594. The number of aromatic nitrogens is 1. The molecule has 0 saturated carbocycles. The van der Waals surface area contributed by atoms with Gasteiger partial charge in [0.2, 0.25) is 0 Å². The zero-order valence-corrected chi connectivity index (χ0v) is 21.5. The van der Waals surface area contributed by atoms with Crippen molar-refractivity contribution in [2.24, 2.45) is 5.41 Å². The van der Waals surface area contributed by atoms with Crippen molar-refractivity contribution in [3.63, 3.8) is 0 Å². The molecule has 2 N–H and O–H groups in total. The Morgan fingerprint density at radius 3 is 2.70 bits per heavy atom. The number of fused-ring (bicyclic) bond motifs is 1. The van der Waals surface area contributed by atoms with Crippen molar-refractivity contribution in [3.8, 4) is 5.75 Å².